The monoisotopic (exact) mass is 538 g/mol. The van der Waals surface area contributed by atoms with E-state index in [0.717, 1.165) is 24.3 Å². The molecule has 0 bridgehead atoms. The molecule has 0 unspecified atom stereocenters. The van der Waals surface area contributed by atoms with Crippen LogP contribution in [0.5, 0.6) is 0 Å². The van der Waals surface area contributed by atoms with Crippen LogP contribution in [0.2, 0.25) is 0 Å². The number of halogens is 4. The number of carbonyl (C=O) groups is 1. The van der Waals surface area contributed by atoms with Crippen molar-refractivity contribution in [1.29, 1.82) is 0 Å². The van der Waals surface area contributed by atoms with Gasteiger partial charge in [0.2, 0.25) is 10.0 Å². The second kappa shape index (κ2) is 8.78. The maximum atomic E-state index is 15.8. The topological polar surface area (TPSA) is 75.7 Å². The quantitative estimate of drug-likeness (QED) is 0.546. The third-order valence-electron chi connectivity index (χ3n) is 8.05. The summed E-state index contributed by atoms with van der Waals surface area (Å²) in [7, 11) is -3.64. The Balaban J connectivity index is 1.39. The first-order chi connectivity index (χ1) is 17.6. The van der Waals surface area contributed by atoms with E-state index in [2.05, 4.69) is 4.72 Å². The molecule has 1 N–H and O–H groups in total. The Hall–Kier alpha value is -2.50. The van der Waals surface area contributed by atoms with Gasteiger partial charge in [0.05, 0.1) is 17.9 Å². The van der Waals surface area contributed by atoms with Gasteiger partial charge in [-0.25, -0.2) is 30.7 Å². The lowest BCUT2D eigenvalue weighted by atomic mass is 9.91. The predicted molar refractivity (Wildman–Crippen MR) is 126 cm³/mol. The molecular formula is C26H26F4N2O4S. The van der Waals surface area contributed by atoms with Crippen LogP contribution in [0.3, 0.4) is 0 Å². The van der Waals surface area contributed by atoms with Crippen LogP contribution < -0.4 is 4.72 Å². The third-order valence-corrected chi connectivity index (χ3v) is 9.98. The molecule has 1 amide bonds. The smallest absolute Gasteiger partial charge is 0.252 e. The molecule has 4 fully saturated rings. The van der Waals surface area contributed by atoms with Gasteiger partial charge in [-0.05, 0) is 67.5 Å². The second-order valence-corrected chi connectivity index (χ2v) is 12.7. The molecule has 0 aromatic heterocycles. The van der Waals surface area contributed by atoms with Crippen LogP contribution >= 0.6 is 0 Å². The molecule has 0 radical (unpaired) electrons. The van der Waals surface area contributed by atoms with E-state index >= 15 is 4.39 Å². The van der Waals surface area contributed by atoms with E-state index in [1.807, 2.05) is 0 Å². The van der Waals surface area contributed by atoms with Crippen molar-refractivity contribution in [2.75, 3.05) is 13.2 Å². The van der Waals surface area contributed by atoms with Gasteiger partial charge in [0.25, 0.3) is 5.91 Å². The Morgan fingerprint density at radius 3 is 2.22 bits per heavy atom. The molecule has 6 rings (SSSR count). The first kappa shape index (κ1) is 24.8. The van der Waals surface area contributed by atoms with E-state index < -0.39 is 62.1 Å². The van der Waals surface area contributed by atoms with Crippen molar-refractivity contribution in [2.45, 2.75) is 62.0 Å². The average Bonchev–Trinajstić information content (AvgIpc) is 3.69. The summed E-state index contributed by atoms with van der Waals surface area (Å²) < 4.78 is 92.1. The fourth-order valence-electron chi connectivity index (χ4n) is 5.65. The normalized spacial score (nSPS) is 26.4. The molecule has 2 saturated carbocycles. The van der Waals surface area contributed by atoms with Crippen molar-refractivity contribution >= 4 is 15.9 Å². The van der Waals surface area contributed by atoms with Gasteiger partial charge in [-0.15, -0.1) is 0 Å². The van der Waals surface area contributed by atoms with Crippen LogP contribution in [-0.2, 0) is 26.0 Å². The predicted octanol–water partition coefficient (Wildman–Crippen LogP) is 3.68. The first-order valence-corrected chi connectivity index (χ1v) is 14.0. The Bertz CT molecular complexity index is 1350. The number of ether oxygens (including phenoxy) is 1. The number of hydrogen-bond acceptors (Lipinski definition) is 4. The molecular weight excluding hydrogens is 512 g/mol. The van der Waals surface area contributed by atoms with Crippen LogP contribution in [0.1, 0.15) is 37.7 Å². The van der Waals surface area contributed by atoms with Crippen molar-refractivity contribution in [3.8, 4) is 11.1 Å². The van der Waals surface area contributed by atoms with Crippen molar-refractivity contribution in [1.82, 2.24) is 9.62 Å². The number of carbonyl (C=O) groups excluding carboxylic acids is 1. The number of likely N-dealkylation sites (tertiary alicyclic amines) is 1. The lowest BCUT2D eigenvalue weighted by Crippen LogP contribution is -2.53. The third kappa shape index (κ3) is 4.55. The zero-order valence-corrected chi connectivity index (χ0v) is 20.7. The number of nitrogens with zero attached hydrogens (tertiary/aromatic N) is 1. The number of amides is 1. The number of rotatable bonds is 7. The van der Waals surface area contributed by atoms with Gasteiger partial charge >= 0.3 is 0 Å². The van der Waals surface area contributed by atoms with Gasteiger partial charge < -0.3 is 9.64 Å². The largest absolute Gasteiger partial charge is 0.368 e. The molecule has 37 heavy (non-hydrogen) atoms. The SMILES string of the molecule is O=C([C@H]1CCO1)N1CC2(CC2)[C@H](NS(=O)(=O)C2CC2)[C@@H]1Cc1cc(F)cc(-c2cc(F)cc(F)c2)c1F. The molecule has 2 aliphatic carbocycles. The highest BCUT2D eigenvalue weighted by Crippen LogP contribution is 2.56. The molecule has 198 valence electrons. The van der Waals surface area contributed by atoms with Crippen LogP contribution in [0, 0.1) is 28.7 Å². The van der Waals surface area contributed by atoms with Crippen LogP contribution in [0.4, 0.5) is 17.6 Å². The van der Waals surface area contributed by atoms with Crippen LogP contribution in [0.15, 0.2) is 30.3 Å². The average molecular weight is 539 g/mol. The lowest BCUT2D eigenvalue weighted by Gasteiger charge is -2.34. The summed E-state index contributed by atoms with van der Waals surface area (Å²) in [5.74, 6) is -3.85. The summed E-state index contributed by atoms with van der Waals surface area (Å²) in [6.07, 6.45) is 2.25. The minimum absolute atomic E-state index is 0.106. The summed E-state index contributed by atoms with van der Waals surface area (Å²) in [6, 6.07) is 2.87. The Kier molecular flexibility index (Phi) is 5.89. The maximum Gasteiger partial charge on any atom is 0.252 e. The van der Waals surface area contributed by atoms with Gasteiger partial charge in [0.1, 0.15) is 29.4 Å². The number of sulfonamides is 1. The zero-order chi connectivity index (χ0) is 26.1. The molecule has 2 aromatic carbocycles. The summed E-state index contributed by atoms with van der Waals surface area (Å²) in [5, 5.41) is -0.482. The van der Waals surface area contributed by atoms with Crippen molar-refractivity contribution < 1.29 is 35.5 Å². The Labute approximate surface area is 212 Å². The van der Waals surface area contributed by atoms with Crippen LogP contribution in [0.25, 0.3) is 11.1 Å². The van der Waals surface area contributed by atoms with E-state index in [0.29, 0.717) is 51.3 Å². The van der Waals surface area contributed by atoms with Crippen molar-refractivity contribution in [2.24, 2.45) is 5.41 Å². The van der Waals surface area contributed by atoms with E-state index in [1.54, 1.807) is 4.90 Å². The van der Waals surface area contributed by atoms with Gasteiger partial charge in [0.15, 0.2) is 0 Å². The van der Waals surface area contributed by atoms with Crippen molar-refractivity contribution in [3.63, 3.8) is 0 Å². The summed E-state index contributed by atoms with van der Waals surface area (Å²) >= 11 is 0. The number of hydrogen-bond donors (Lipinski definition) is 1. The van der Waals surface area contributed by atoms with Crippen molar-refractivity contribution in [3.05, 3.63) is 59.2 Å². The van der Waals surface area contributed by atoms with E-state index in [1.165, 1.54) is 0 Å². The molecule has 4 aliphatic rings. The highest BCUT2D eigenvalue weighted by Gasteiger charge is 2.62. The highest BCUT2D eigenvalue weighted by atomic mass is 32.2. The zero-order valence-electron chi connectivity index (χ0n) is 19.9. The van der Waals surface area contributed by atoms with Gasteiger partial charge in [-0.2, -0.15) is 0 Å². The molecule has 2 saturated heterocycles. The number of nitrogens with one attached hydrogen (secondary N) is 1. The first-order valence-electron chi connectivity index (χ1n) is 12.4. The maximum absolute atomic E-state index is 15.8. The lowest BCUT2D eigenvalue weighted by molar-refractivity contribution is -0.157. The van der Waals surface area contributed by atoms with Gasteiger partial charge in [0, 0.05) is 36.1 Å². The standard InChI is InChI=1S/C26H26F4N2O4S/c27-16-7-14(8-17(28)11-16)20-12-18(29)9-15(23(20)30)10-21-24(31-37(34,35)19-1-2-19)26(4-5-26)13-32(21)25(33)22-3-6-36-22/h7-9,11-12,19,21-22,24,31H,1-6,10,13H2/t21-,22+,24+/m0/s1. The Morgan fingerprint density at radius 2 is 1.65 bits per heavy atom. The van der Waals surface area contributed by atoms with Gasteiger partial charge in [-0.3, -0.25) is 4.79 Å². The summed E-state index contributed by atoms with van der Waals surface area (Å²) in [5.41, 5.74) is -1.06. The molecule has 2 aromatic rings. The van der Waals surface area contributed by atoms with E-state index in [-0.39, 0.29) is 29.0 Å². The van der Waals surface area contributed by atoms with Crippen LogP contribution in [-0.4, -0.2) is 55.8 Å². The summed E-state index contributed by atoms with van der Waals surface area (Å²) in [4.78, 5) is 14.8. The van der Waals surface area contributed by atoms with E-state index in [4.69, 9.17) is 4.74 Å². The highest BCUT2D eigenvalue weighted by molar-refractivity contribution is 7.90. The molecule has 11 heteroatoms. The Morgan fingerprint density at radius 1 is 1.00 bits per heavy atom. The molecule has 2 aliphatic heterocycles. The molecule has 1 spiro atoms. The fraction of sp³-hybridized carbons (Fsp3) is 0.500. The molecule has 2 heterocycles. The summed E-state index contributed by atoms with van der Waals surface area (Å²) in [6.45, 7) is 0.747. The molecule has 3 atom stereocenters. The number of benzene rings is 2. The molecule has 6 nitrogen and oxygen atoms in total. The second-order valence-electron chi connectivity index (χ2n) is 10.7. The minimum atomic E-state index is -3.64. The van der Waals surface area contributed by atoms with E-state index in [9.17, 15) is 26.4 Å². The van der Waals surface area contributed by atoms with Gasteiger partial charge in [-0.1, -0.05) is 0 Å². The fourth-order valence-corrected chi connectivity index (χ4v) is 7.36. The minimum Gasteiger partial charge on any atom is -0.368 e.